The molecule has 0 amide bonds. The predicted molar refractivity (Wildman–Crippen MR) is 495 cm³/mol. The lowest BCUT2D eigenvalue weighted by atomic mass is 9.85. The monoisotopic (exact) mass is 1500 g/mol. The van der Waals surface area contributed by atoms with Gasteiger partial charge in [-0.3, -0.25) is 0 Å². The molecule has 0 saturated heterocycles. The van der Waals surface area contributed by atoms with Crippen LogP contribution in [0.25, 0.3) is 231 Å². The number of hydrogen-bond acceptors (Lipinski definition) is 3. The lowest BCUT2D eigenvalue weighted by Gasteiger charge is -2.18. The third-order valence-corrected chi connectivity index (χ3v) is 22.6. The van der Waals surface area contributed by atoms with E-state index in [2.05, 4.69) is 97.1 Å². The second kappa shape index (κ2) is 29.0. The Morgan fingerprint density at radius 1 is 0.145 bits per heavy atom. The van der Waals surface area contributed by atoms with Crippen molar-refractivity contribution in [3.05, 3.63) is 436 Å². The van der Waals surface area contributed by atoms with Crippen LogP contribution in [0.3, 0.4) is 0 Å². The van der Waals surface area contributed by atoms with Gasteiger partial charge in [0, 0.05) is 32.3 Å². The van der Waals surface area contributed by atoms with E-state index in [-0.39, 0.29) is 89.2 Å². The van der Waals surface area contributed by atoms with Gasteiger partial charge in [0.2, 0.25) is 0 Å². The van der Waals surface area contributed by atoms with Crippen molar-refractivity contribution in [1.29, 1.82) is 0 Å². The fourth-order valence-corrected chi connectivity index (χ4v) is 17.7. The summed E-state index contributed by atoms with van der Waals surface area (Å²) in [5, 5.41) is 16.6. The lowest BCUT2D eigenvalue weighted by Crippen LogP contribution is -1.91. The second-order valence-corrected chi connectivity index (χ2v) is 29.1. The molecule has 24 aromatic rings. The van der Waals surface area contributed by atoms with Gasteiger partial charge in [0.1, 0.15) is 33.5 Å². The summed E-state index contributed by atoms with van der Waals surface area (Å²) < 4.78 is 146. The number of furan rings is 3. The van der Waals surface area contributed by atoms with Crippen LogP contribution in [0.4, 0.5) is 0 Å². The van der Waals surface area contributed by atoms with Crippen LogP contribution in [0, 0.1) is 0 Å². The molecule has 0 spiro atoms. The Labute approximate surface area is 697 Å². The van der Waals surface area contributed by atoms with Gasteiger partial charge in [-0.2, -0.15) is 0 Å². The van der Waals surface area contributed by atoms with Crippen molar-refractivity contribution < 1.29 is 33.8 Å². The summed E-state index contributed by atoms with van der Waals surface area (Å²) in [5.41, 5.74) is 20.1. The van der Waals surface area contributed by atoms with Crippen molar-refractivity contribution in [3.63, 3.8) is 0 Å². The van der Waals surface area contributed by atoms with Crippen molar-refractivity contribution in [2.24, 2.45) is 0 Å². The summed E-state index contributed by atoms with van der Waals surface area (Å²) in [4.78, 5) is 0. The number of benzene rings is 21. The summed E-state index contributed by atoms with van der Waals surface area (Å²) in [7, 11) is 0. The predicted octanol–water partition coefficient (Wildman–Crippen LogP) is 32.7. The van der Waals surface area contributed by atoms with Crippen molar-refractivity contribution in [1.82, 2.24) is 0 Å². The van der Waals surface area contributed by atoms with Crippen molar-refractivity contribution in [2.45, 2.75) is 0 Å². The van der Waals surface area contributed by atoms with Crippen LogP contribution in [0.2, 0.25) is 0 Å². The van der Waals surface area contributed by atoms with Crippen LogP contribution in [0.5, 0.6) is 0 Å². The van der Waals surface area contributed by atoms with E-state index < -0.39 is 18.1 Å². The van der Waals surface area contributed by atoms with Gasteiger partial charge in [0.15, 0.2) is 0 Å². The molecule has 0 unspecified atom stereocenters. The Bertz CT molecular complexity index is 8720. The largest absolute Gasteiger partial charge is 0.456 e. The minimum absolute atomic E-state index is 0.203. The molecule has 0 aliphatic rings. The average molecular weight is 1500 g/mol. The molecule has 546 valence electrons. The zero-order valence-corrected chi connectivity index (χ0v) is 62.6. The standard InChI is InChI=1S/3C38H24O/c1-3-12-25(13-4-1)28-20-11-21-35-38(28)33-24-27(22-23-34(33)39-35)37-31-18-9-7-16-29(31)36(26-14-5-2-6-15-26)30-17-8-10-19-32(30)37;1-3-12-25(13-4-1)27-22-23-34-33(24-27)38-32(20-11-21-35(38)39-34)37-30-18-9-7-16-28(30)36(26-14-5-2-6-15-26)29-17-8-10-19-31(29)37;1-3-11-25(12-4-1)27-19-21-35-33(23-27)34-24-28(20-22-36(34)39-35)38-31-17-9-7-15-29(31)37(26-13-5-2-6-14-26)30-16-8-10-18-32(30)38/h3*1-24H/i2*2D,5D,6D,14D,15D;2D,5D,6D,13D,14D. The highest BCUT2D eigenvalue weighted by molar-refractivity contribution is 6.28. The molecule has 0 radical (unpaired) electrons. The minimum Gasteiger partial charge on any atom is -0.456 e. The topological polar surface area (TPSA) is 39.4 Å². The summed E-state index contributed by atoms with van der Waals surface area (Å²) in [6.07, 6.45) is 0. The number of hydrogen-bond donors (Lipinski definition) is 0. The maximum atomic E-state index is 8.82. The first-order chi connectivity index (χ1) is 64.3. The Kier molecular flexibility index (Phi) is 13.4. The molecule has 0 saturated carbocycles. The molecule has 24 rings (SSSR count). The highest BCUT2D eigenvalue weighted by Gasteiger charge is 2.24. The third kappa shape index (κ3) is 11.9. The van der Waals surface area contributed by atoms with Gasteiger partial charge in [0.25, 0.3) is 0 Å². The van der Waals surface area contributed by atoms with E-state index in [4.69, 9.17) is 33.8 Å². The molecule has 3 aromatic heterocycles. The molecule has 3 heterocycles. The molecule has 0 fully saturated rings. The Balaban J connectivity index is 0.000000116. The van der Waals surface area contributed by atoms with E-state index >= 15 is 0 Å². The maximum absolute atomic E-state index is 8.82. The molecule has 21 aromatic carbocycles. The molecule has 0 aliphatic carbocycles. The molecule has 0 N–H and O–H groups in total. The SMILES string of the molecule is [2H]c1c([2H])c([2H])c(-c2c3ccccc3c(-c3ccc4oc5ccc(-c6ccccc6)cc5c4c3)c3ccccc23)c([2H])c1[2H].[2H]c1c([2H])c([2H])c(-c2c3ccccc3c(-c3ccc4oc5cccc(-c6ccccc6)c5c4c3)c3ccccc23)c([2H])c1[2H].[2H]c1c([2H])c([2H])c(-c2c3ccccc3c(-c3cccc4oc5ccc(-c6ccccc6)cc5c34)c3ccccc23)c([2H])c1[2H]. The van der Waals surface area contributed by atoms with Gasteiger partial charge >= 0.3 is 0 Å². The van der Waals surface area contributed by atoms with Gasteiger partial charge in [-0.25, -0.2) is 0 Å². The van der Waals surface area contributed by atoms with Crippen LogP contribution in [0.15, 0.2) is 450 Å². The highest BCUT2D eigenvalue weighted by atomic mass is 16.3. The Morgan fingerprint density at radius 2 is 0.393 bits per heavy atom. The maximum Gasteiger partial charge on any atom is 0.136 e. The van der Waals surface area contributed by atoms with Crippen LogP contribution in [0.1, 0.15) is 20.6 Å². The Morgan fingerprint density at radius 3 is 0.744 bits per heavy atom. The first-order valence-electron chi connectivity index (χ1n) is 46.4. The summed E-state index contributed by atoms with van der Waals surface area (Å²) >= 11 is 0. The summed E-state index contributed by atoms with van der Waals surface area (Å²) in [6, 6.07) is 111. The molecule has 3 heteroatoms. The molecule has 0 bridgehead atoms. The highest BCUT2D eigenvalue weighted by Crippen LogP contribution is 2.51. The van der Waals surface area contributed by atoms with Crippen molar-refractivity contribution in [2.75, 3.05) is 0 Å². The first kappa shape index (κ1) is 54.3. The van der Waals surface area contributed by atoms with Gasteiger partial charge in [-0.1, -0.05) is 376 Å². The molecule has 117 heavy (non-hydrogen) atoms. The van der Waals surface area contributed by atoms with Gasteiger partial charge in [0.05, 0.1) is 20.6 Å². The molecule has 0 atom stereocenters. The quantitative estimate of drug-likeness (QED) is 0.135. The number of fused-ring (bicyclic) bond motifs is 15. The van der Waals surface area contributed by atoms with Crippen molar-refractivity contribution in [3.8, 4) is 100 Å². The fraction of sp³-hybridized carbons (Fsp3) is 0. The van der Waals surface area contributed by atoms with Gasteiger partial charge in [-0.15, -0.1) is 0 Å². The van der Waals surface area contributed by atoms with Crippen LogP contribution < -0.4 is 0 Å². The zero-order valence-electron chi connectivity index (χ0n) is 77.6. The van der Waals surface area contributed by atoms with Gasteiger partial charge in [-0.05, 0) is 225 Å². The summed E-state index contributed by atoms with van der Waals surface area (Å²) in [6.45, 7) is 0. The lowest BCUT2D eigenvalue weighted by molar-refractivity contribution is 0.668. The molecule has 0 aliphatic heterocycles. The van der Waals surface area contributed by atoms with E-state index in [0.29, 0.717) is 16.7 Å². The van der Waals surface area contributed by atoms with Crippen LogP contribution >= 0.6 is 0 Å². The molecular formula is C114H72O3. The summed E-state index contributed by atoms with van der Waals surface area (Å²) in [5.74, 6) is 0. The minimum atomic E-state index is -0.401. The van der Waals surface area contributed by atoms with E-state index in [1.165, 1.54) is 0 Å². The van der Waals surface area contributed by atoms with Crippen LogP contribution in [-0.2, 0) is 0 Å². The number of rotatable bonds is 9. The van der Waals surface area contributed by atoms with E-state index in [0.717, 1.165) is 197 Å². The van der Waals surface area contributed by atoms with Crippen LogP contribution in [-0.4, -0.2) is 0 Å². The third-order valence-electron chi connectivity index (χ3n) is 22.6. The fourth-order valence-electron chi connectivity index (χ4n) is 17.7. The normalized spacial score (nSPS) is 13.4. The van der Waals surface area contributed by atoms with Gasteiger partial charge < -0.3 is 13.3 Å². The average Bonchev–Trinajstić information content (AvgIpc) is 1.09. The zero-order chi connectivity index (χ0) is 90.3. The van der Waals surface area contributed by atoms with E-state index in [1.54, 1.807) is 0 Å². The van der Waals surface area contributed by atoms with E-state index in [9.17, 15) is 0 Å². The second-order valence-electron chi connectivity index (χ2n) is 29.1. The molecule has 3 nitrogen and oxygen atoms in total. The first-order valence-corrected chi connectivity index (χ1v) is 38.9. The smallest absolute Gasteiger partial charge is 0.136 e. The van der Waals surface area contributed by atoms with E-state index in [1.807, 2.05) is 249 Å². The van der Waals surface area contributed by atoms with Crippen molar-refractivity contribution >= 4 is 130 Å². The molecular weight excluding hydrogens is 1420 g/mol. The Hall–Kier alpha value is -15.4.